The monoisotopic (exact) mass is 290 g/mol. The summed E-state index contributed by atoms with van der Waals surface area (Å²) in [6.07, 6.45) is 4.50. The average Bonchev–Trinajstić information content (AvgIpc) is 2.50. The minimum absolute atomic E-state index is 0.0467. The van der Waals surface area contributed by atoms with Crippen molar-refractivity contribution in [1.29, 1.82) is 0 Å². The highest BCUT2D eigenvalue weighted by Crippen LogP contribution is 2.20. The van der Waals surface area contributed by atoms with Gasteiger partial charge in [0.2, 0.25) is 5.91 Å². The quantitative estimate of drug-likeness (QED) is 0.794. The third kappa shape index (κ3) is 3.80. The second kappa shape index (κ2) is 7.20. The third-order valence-corrected chi connectivity index (χ3v) is 3.82. The number of aryl methyl sites for hydroxylation is 1. The number of carbonyl (C=O) groups excluding carboxylic acids is 2. The van der Waals surface area contributed by atoms with Gasteiger partial charge in [0.15, 0.2) is 0 Å². The fraction of sp³-hybridized carbons (Fsp3) is 0.562. The molecule has 1 aromatic heterocycles. The highest BCUT2D eigenvalue weighted by Gasteiger charge is 2.33. The molecule has 1 saturated heterocycles. The highest BCUT2D eigenvalue weighted by molar-refractivity contribution is 5.86. The summed E-state index contributed by atoms with van der Waals surface area (Å²) in [5, 5.41) is 0. The summed E-state index contributed by atoms with van der Waals surface area (Å²) in [5.74, 6) is -0.335. The molecule has 1 aromatic rings. The molecule has 0 radical (unpaired) electrons. The van der Waals surface area contributed by atoms with Gasteiger partial charge in [0.1, 0.15) is 6.04 Å². The lowest BCUT2D eigenvalue weighted by Crippen LogP contribution is -2.49. The van der Waals surface area contributed by atoms with E-state index in [4.69, 9.17) is 4.74 Å². The number of aromatic nitrogens is 1. The Hall–Kier alpha value is -1.91. The van der Waals surface area contributed by atoms with Crippen LogP contribution in [0.1, 0.15) is 37.4 Å². The zero-order valence-electron chi connectivity index (χ0n) is 12.7. The van der Waals surface area contributed by atoms with Crippen molar-refractivity contribution in [3.63, 3.8) is 0 Å². The van der Waals surface area contributed by atoms with Crippen molar-refractivity contribution in [3.05, 3.63) is 29.6 Å². The van der Waals surface area contributed by atoms with Crippen LogP contribution in [0.2, 0.25) is 0 Å². The Balaban J connectivity index is 2.08. The fourth-order valence-electron chi connectivity index (χ4n) is 2.66. The van der Waals surface area contributed by atoms with E-state index < -0.39 is 6.04 Å². The van der Waals surface area contributed by atoms with E-state index in [-0.39, 0.29) is 18.3 Å². The second-order valence-corrected chi connectivity index (χ2v) is 5.29. The Morgan fingerprint density at radius 3 is 2.95 bits per heavy atom. The van der Waals surface area contributed by atoms with Crippen molar-refractivity contribution in [3.8, 4) is 0 Å². The summed E-state index contributed by atoms with van der Waals surface area (Å²) in [5.41, 5.74) is 1.77. The summed E-state index contributed by atoms with van der Waals surface area (Å²) in [6.45, 7) is 4.68. The molecule has 114 valence electrons. The van der Waals surface area contributed by atoms with Crippen LogP contribution in [-0.4, -0.2) is 41.0 Å². The number of esters is 1. The molecule has 1 unspecified atom stereocenters. The van der Waals surface area contributed by atoms with Crippen LogP contribution < -0.4 is 0 Å². The lowest BCUT2D eigenvalue weighted by molar-refractivity contribution is -0.156. The maximum Gasteiger partial charge on any atom is 0.328 e. The minimum Gasteiger partial charge on any atom is -0.464 e. The molecule has 21 heavy (non-hydrogen) atoms. The minimum atomic E-state index is -0.435. The van der Waals surface area contributed by atoms with Crippen molar-refractivity contribution in [2.45, 2.75) is 45.6 Å². The topological polar surface area (TPSA) is 59.5 Å². The van der Waals surface area contributed by atoms with Crippen molar-refractivity contribution in [2.24, 2.45) is 0 Å². The molecule has 1 amide bonds. The Kier molecular flexibility index (Phi) is 5.31. The predicted molar refractivity (Wildman–Crippen MR) is 78.7 cm³/mol. The van der Waals surface area contributed by atoms with Gasteiger partial charge in [-0.15, -0.1) is 0 Å². The first-order chi connectivity index (χ1) is 10.1. The standard InChI is InChI=1S/C16H22N2O3/c1-3-21-16(20)14-8-4-5-10-18(14)15(19)11-13-12(2)7-6-9-17-13/h6-7,9,14H,3-5,8,10-11H2,1-2H3. The van der Waals surface area contributed by atoms with Crippen molar-refractivity contribution in [2.75, 3.05) is 13.2 Å². The molecular weight excluding hydrogens is 268 g/mol. The number of rotatable bonds is 4. The number of pyridine rings is 1. The van der Waals surface area contributed by atoms with Crippen LogP contribution in [0.4, 0.5) is 0 Å². The molecule has 0 aliphatic carbocycles. The van der Waals surface area contributed by atoms with Crippen molar-refractivity contribution < 1.29 is 14.3 Å². The van der Waals surface area contributed by atoms with Gasteiger partial charge in [-0.1, -0.05) is 6.07 Å². The summed E-state index contributed by atoms with van der Waals surface area (Å²) >= 11 is 0. The molecule has 0 aromatic carbocycles. The van der Waals surface area contributed by atoms with Gasteiger partial charge in [-0.3, -0.25) is 9.78 Å². The van der Waals surface area contributed by atoms with Gasteiger partial charge in [-0.05, 0) is 44.7 Å². The first kappa shape index (κ1) is 15.5. The van der Waals surface area contributed by atoms with E-state index in [2.05, 4.69) is 4.98 Å². The van der Waals surface area contributed by atoms with Gasteiger partial charge in [0, 0.05) is 12.7 Å². The van der Waals surface area contributed by atoms with Gasteiger partial charge in [-0.25, -0.2) is 4.79 Å². The van der Waals surface area contributed by atoms with Crippen LogP contribution in [0.25, 0.3) is 0 Å². The molecule has 0 bridgehead atoms. The molecular formula is C16H22N2O3. The summed E-state index contributed by atoms with van der Waals surface area (Å²) in [6, 6.07) is 3.36. The fourth-order valence-corrected chi connectivity index (χ4v) is 2.66. The van der Waals surface area contributed by atoms with E-state index in [1.165, 1.54) is 0 Å². The summed E-state index contributed by atoms with van der Waals surface area (Å²) in [7, 11) is 0. The number of hydrogen-bond donors (Lipinski definition) is 0. The van der Waals surface area contributed by atoms with Crippen LogP contribution in [0.15, 0.2) is 18.3 Å². The smallest absolute Gasteiger partial charge is 0.328 e. The predicted octanol–water partition coefficient (Wildman–Crippen LogP) is 1.88. The molecule has 2 heterocycles. The molecule has 5 heteroatoms. The SMILES string of the molecule is CCOC(=O)C1CCCCN1C(=O)Cc1ncccc1C. The van der Waals surface area contributed by atoms with E-state index in [0.717, 1.165) is 24.1 Å². The molecule has 1 aliphatic heterocycles. The van der Waals surface area contributed by atoms with Gasteiger partial charge in [0.25, 0.3) is 0 Å². The number of hydrogen-bond acceptors (Lipinski definition) is 4. The molecule has 1 atom stereocenters. The van der Waals surface area contributed by atoms with Gasteiger partial charge in [0.05, 0.1) is 18.7 Å². The number of nitrogens with zero attached hydrogens (tertiary/aromatic N) is 2. The zero-order valence-corrected chi connectivity index (χ0v) is 12.7. The highest BCUT2D eigenvalue weighted by atomic mass is 16.5. The maximum atomic E-state index is 12.5. The van der Waals surface area contributed by atoms with E-state index >= 15 is 0 Å². The van der Waals surface area contributed by atoms with Crippen molar-refractivity contribution in [1.82, 2.24) is 9.88 Å². The Morgan fingerprint density at radius 1 is 1.43 bits per heavy atom. The van der Waals surface area contributed by atoms with Crippen molar-refractivity contribution >= 4 is 11.9 Å². The van der Waals surface area contributed by atoms with E-state index in [0.29, 0.717) is 19.6 Å². The summed E-state index contributed by atoms with van der Waals surface area (Å²) in [4.78, 5) is 30.4. The van der Waals surface area contributed by atoms with Gasteiger partial charge in [-0.2, -0.15) is 0 Å². The molecule has 0 spiro atoms. The van der Waals surface area contributed by atoms with E-state index in [1.807, 2.05) is 19.1 Å². The first-order valence-corrected chi connectivity index (χ1v) is 7.50. The summed E-state index contributed by atoms with van der Waals surface area (Å²) < 4.78 is 5.09. The lowest BCUT2D eigenvalue weighted by atomic mass is 10.0. The van der Waals surface area contributed by atoms with Crippen LogP contribution in [0.5, 0.6) is 0 Å². The molecule has 0 N–H and O–H groups in total. The van der Waals surface area contributed by atoms with E-state index in [9.17, 15) is 9.59 Å². The molecule has 1 fully saturated rings. The van der Waals surface area contributed by atoms with E-state index in [1.54, 1.807) is 18.0 Å². The van der Waals surface area contributed by atoms with Crippen LogP contribution in [0.3, 0.4) is 0 Å². The Bertz CT molecular complexity index is 516. The third-order valence-electron chi connectivity index (χ3n) is 3.82. The maximum absolute atomic E-state index is 12.5. The molecule has 0 saturated carbocycles. The first-order valence-electron chi connectivity index (χ1n) is 7.50. The number of ether oxygens (including phenoxy) is 1. The molecule has 1 aliphatic rings. The number of amides is 1. The van der Waals surface area contributed by atoms with Crippen LogP contribution in [0, 0.1) is 6.92 Å². The largest absolute Gasteiger partial charge is 0.464 e. The van der Waals surface area contributed by atoms with Gasteiger partial charge < -0.3 is 9.64 Å². The lowest BCUT2D eigenvalue weighted by Gasteiger charge is -2.34. The molecule has 2 rings (SSSR count). The molecule has 5 nitrogen and oxygen atoms in total. The number of carbonyl (C=O) groups is 2. The zero-order chi connectivity index (χ0) is 15.2. The second-order valence-electron chi connectivity index (χ2n) is 5.29. The van der Waals surface area contributed by atoms with Crippen LogP contribution in [-0.2, 0) is 20.7 Å². The van der Waals surface area contributed by atoms with Crippen LogP contribution >= 0.6 is 0 Å². The number of likely N-dealkylation sites (tertiary alicyclic amines) is 1. The average molecular weight is 290 g/mol. The van der Waals surface area contributed by atoms with Gasteiger partial charge >= 0.3 is 5.97 Å². The normalized spacial score (nSPS) is 18.4. The Morgan fingerprint density at radius 2 is 2.24 bits per heavy atom. The number of piperidine rings is 1. The Labute approximate surface area is 125 Å².